The number of carbonyl (C=O) groups excluding carboxylic acids is 2. The zero-order chi connectivity index (χ0) is 19.6. The van der Waals surface area contributed by atoms with Gasteiger partial charge in [0.25, 0.3) is 11.8 Å². The molecule has 0 atom stereocenters. The van der Waals surface area contributed by atoms with Gasteiger partial charge in [0, 0.05) is 31.2 Å². The van der Waals surface area contributed by atoms with Crippen LogP contribution in [-0.2, 0) is 0 Å². The first-order chi connectivity index (χ1) is 12.8. The van der Waals surface area contributed by atoms with E-state index in [1.807, 2.05) is 7.05 Å². The monoisotopic (exact) mass is 394 g/mol. The van der Waals surface area contributed by atoms with Gasteiger partial charge in [-0.05, 0) is 31.3 Å². The molecular formula is C18H17ClF2N4O2. The molecule has 1 N–H and O–H groups in total. The number of aromatic nitrogens is 1. The molecule has 1 aromatic carbocycles. The predicted molar refractivity (Wildman–Crippen MR) is 97.0 cm³/mol. The molecule has 9 heteroatoms. The van der Waals surface area contributed by atoms with E-state index in [-0.39, 0.29) is 22.4 Å². The normalized spacial score (nSPS) is 14.9. The van der Waals surface area contributed by atoms with Gasteiger partial charge < -0.3 is 15.1 Å². The minimum absolute atomic E-state index is 0.0220. The van der Waals surface area contributed by atoms with Gasteiger partial charge in [-0.1, -0.05) is 17.7 Å². The molecule has 27 heavy (non-hydrogen) atoms. The summed E-state index contributed by atoms with van der Waals surface area (Å²) in [6.45, 7) is 2.68. The summed E-state index contributed by atoms with van der Waals surface area (Å²) < 4.78 is 27.8. The van der Waals surface area contributed by atoms with E-state index in [1.54, 1.807) is 11.0 Å². The van der Waals surface area contributed by atoms with Crippen molar-refractivity contribution in [1.82, 2.24) is 14.8 Å². The Morgan fingerprint density at radius 3 is 2.37 bits per heavy atom. The molecule has 2 aromatic rings. The van der Waals surface area contributed by atoms with Gasteiger partial charge in [-0.25, -0.2) is 13.8 Å². The van der Waals surface area contributed by atoms with Crippen molar-refractivity contribution in [3.8, 4) is 0 Å². The average molecular weight is 395 g/mol. The Morgan fingerprint density at radius 1 is 1.11 bits per heavy atom. The molecular weight excluding hydrogens is 378 g/mol. The summed E-state index contributed by atoms with van der Waals surface area (Å²) in [5.41, 5.74) is -0.619. The second-order valence-electron chi connectivity index (χ2n) is 6.20. The Balaban J connectivity index is 1.76. The molecule has 0 aliphatic carbocycles. The topological polar surface area (TPSA) is 65.5 Å². The van der Waals surface area contributed by atoms with Crippen LogP contribution in [0.15, 0.2) is 30.3 Å². The number of pyridine rings is 1. The maximum absolute atomic E-state index is 13.9. The molecule has 0 spiro atoms. The fourth-order valence-corrected chi connectivity index (χ4v) is 2.92. The first-order valence-corrected chi connectivity index (χ1v) is 8.63. The molecule has 1 saturated heterocycles. The van der Waals surface area contributed by atoms with Gasteiger partial charge in [0.2, 0.25) is 0 Å². The van der Waals surface area contributed by atoms with Crippen LogP contribution in [0.2, 0.25) is 5.02 Å². The van der Waals surface area contributed by atoms with Crippen LogP contribution in [0.1, 0.15) is 20.8 Å². The van der Waals surface area contributed by atoms with Crippen molar-refractivity contribution in [2.75, 3.05) is 38.5 Å². The van der Waals surface area contributed by atoms with Crippen molar-refractivity contribution in [3.63, 3.8) is 0 Å². The van der Waals surface area contributed by atoms with E-state index in [1.165, 1.54) is 12.1 Å². The van der Waals surface area contributed by atoms with Gasteiger partial charge in [0.15, 0.2) is 0 Å². The quantitative estimate of drug-likeness (QED) is 0.869. The van der Waals surface area contributed by atoms with Crippen molar-refractivity contribution in [3.05, 3.63) is 58.2 Å². The van der Waals surface area contributed by atoms with Gasteiger partial charge >= 0.3 is 0 Å². The van der Waals surface area contributed by atoms with E-state index in [9.17, 15) is 18.4 Å². The Kier molecular flexibility index (Phi) is 5.67. The van der Waals surface area contributed by atoms with Crippen molar-refractivity contribution in [2.24, 2.45) is 0 Å². The van der Waals surface area contributed by atoms with Crippen LogP contribution in [-0.4, -0.2) is 59.8 Å². The van der Waals surface area contributed by atoms with Crippen LogP contribution in [0.4, 0.5) is 14.6 Å². The van der Waals surface area contributed by atoms with Crippen molar-refractivity contribution in [2.45, 2.75) is 0 Å². The zero-order valence-corrected chi connectivity index (χ0v) is 15.3. The summed E-state index contributed by atoms with van der Waals surface area (Å²) >= 11 is 5.56. The first kappa shape index (κ1) is 19.2. The molecule has 3 rings (SSSR count). The number of piperazine rings is 1. The number of anilines is 1. The SMILES string of the molecule is CN1CCN(C(=O)c2cccc(NC(=O)c3c(F)cc(Cl)cc3F)n2)CC1. The van der Waals surface area contributed by atoms with Crippen LogP contribution >= 0.6 is 11.6 Å². The number of likely N-dealkylation sites (N-methyl/N-ethyl adjacent to an activating group) is 1. The van der Waals surface area contributed by atoms with Crippen LogP contribution in [0.5, 0.6) is 0 Å². The highest BCUT2D eigenvalue weighted by molar-refractivity contribution is 6.30. The number of hydrogen-bond donors (Lipinski definition) is 1. The number of halogens is 3. The summed E-state index contributed by atoms with van der Waals surface area (Å²) in [5.74, 6) is -3.42. The molecule has 142 valence electrons. The van der Waals surface area contributed by atoms with Crippen LogP contribution in [0.25, 0.3) is 0 Å². The molecule has 0 unspecified atom stereocenters. The van der Waals surface area contributed by atoms with E-state index in [2.05, 4.69) is 15.2 Å². The van der Waals surface area contributed by atoms with Crippen molar-refractivity contribution in [1.29, 1.82) is 0 Å². The lowest BCUT2D eigenvalue weighted by atomic mass is 10.2. The lowest BCUT2D eigenvalue weighted by Crippen LogP contribution is -2.47. The number of rotatable bonds is 3. The molecule has 0 radical (unpaired) electrons. The highest BCUT2D eigenvalue weighted by Gasteiger charge is 2.23. The molecule has 2 amide bonds. The largest absolute Gasteiger partial charge is 0.335 e. The van der Waals surface area contributed by atoms with E-state index < -0.39 is 23.1 Å². The molecule has 1 aliphatic rings. The Hall–Kier alpha value is -2.58. The number of nitrogens with one attached hydrogen (secondary N) is 1. The maximum atomic E-state index is 13.9. The molecule has 1 fully saturated rings. The minimum atomic E-state index is -1.08. The molecule has 1 aliphatic heterocycles. The second kappa shape index (κ2) is 7.98. The third-order valence-corrected chi connectivity index (χ3v) is 4.45. The molecule has 0 saturated carbocycles. The number of carbonyl (C=O) groups is 2. The first-order valence-electron chi connectivity index (χ1n) is 8.26. The summed E-state index contributed by atoms with van der Waals surface area (Å²) in [6, 6.07) is 6.20. The van der Waals surface area contributed by atoms with E-state index >= 15 is 0 Å². The minimum Gasteiger partial charge on any atom is -0.335 e. The average Bonchev–Trinajstić information content (AvgIpc) is 2.61. The smallest absolute Gasteiger partial charge is 0.272 e. The Bertz CT molecular complexity index is 862. The van der Waals surface area contributed by atoms with Gasteiger partial charge in [-0.15, -0.1) is 0 Å². The number of hydrogen-bond acceptors (Lipinski definition) is 4. The van der Waals surface area contributed by atoms with Gasteiger partial charge in [-0.2, -0.15) is 0 Å². The number of benzene rings is 1. The van der Waals surface area contributed by atoms with Crippen LogP contribution in [0, 0.1) is 11.6 Å². The molecule has 2 heterocycles. The molecule has 1 aromatic heterocycles. The van der Waals surface area contributed by atoms with Crippen LogP contribution < -0.4 is 5.32 Å². The Labute approximate surface area is 159 Å². The van der Waals surface area contributed by atoms with Gasteiger partial charge in [0.05, 0.1) is 0 Å². The summed E-state index contributed by atoms with van der Waals surface area (Å²) in [6.07, 6.45) is 0. The third-order valence-electron chi connectivity index (χ3n) is 4.23. The standard InChI is InChI=1S/C18H17ClF2N4O2/c1-24-5-7-25(8-6-24)18(27)14-3-2-4-15(22-14)23-17(26)16-12(20)9-11(19)10-13(16)21/h2-4,9-10H,5-8H2,1H3,(H,22,23,26). The Morgan fingerprint density at radius 2 is 1.74 bits per heavy atom. The highest BCUT2D eigenvalue weighted by atomic mass is 35.5. The fraction of sp³-hybridized carbons (Fsp3) is 0.278. The van der Waals surface area contributed by atoms with Gasteiger partial charge in [0.1, 0.15) is 28.7 Å². The summed E-state index contributed by atoms with van der Waals surface area (Å²) in [7, 11) is 1.98. The third kappa shape index (κ3) is 4.40. The number of amides is 2. The molecule has 0 bridgehead atoms. The van der Waals surface area contributed by atoms with E-state index in [0.29, 0.717) is 13.1 Å². The second-order valence-corrected chi connectivity index (χ2v) is 6.64. The summed E-state index contributed by atoms with van der Waals surface area (Å²) in [4.78, 5) is 32.7. The van der Waals surface area contributed by atoms with Crippen molar-refractivity contribution >= 4 is 29.2 Å². The van der Waals surface area contributed by atoms with Crippen LogP contribution in [0.3, 0.4) is 0 Å². The maximum Gasteiger partial charge on any atom is 0.272 e. The van der Waals surface area contributed by atoms with E-state index in [4.69, 9.17) is 11.6 Å². The fourth-order valence-electron chi connectivity index (χ4n) is 2.73. The van der Waals surface area contributed by atoms with E-state index in [0.717, 1.165) is 25.2 Å². The lowest BCUT2D eigenvalue weighted by Gasteiger charge is -2.32. The molecule has 6 nitrogen and oxygen atoms in total. The lowest BCUT2D eigenvalue weighted by molar-refractivity contribution is 0.0658. The predicted octanol–water partition coefficient (Wildman–Crippen LogP) is 2.65. The van der Waals surface area contributed by atoms with Crippen molar-refractivity contribution < 1.29 is 18.4 Å². The zero-order valence-electron chi connectivity index (χ0n) is 14.5. The number of nitrogens with zero attached hydrogens (tertiary/aromatic N) is 3. The van der Waals surface area contributed by atoms with Gasteiger partial charge in [-0.3, -0.25) is 9.59 Å². The summed E-state index contributed by atoms with van der Waals surface area (Å²) in [5, 5.41) is 2.16. The highest BCUT2D eigenvalue weighted by Crippen LogP contribution is 2.20.